The van der Waals surface area contributed by atoms with Gasteiger partial charge in [0.2, 0.25) is 0 Å². The minimum Gasteiger partial charge on any atom is -0.375 e. The molecule has 30 heavy (non-hydrogen) atoms. The van der Waals surface area contributed by atoms with Crippen LogP contribution in [-0.2, 0) is 18.3 Å². The van der Waals surface area contributed by atoms with E-state index < -0.39 is 0 Å². The van der Waals surface area contributed by atoms with E-state index in [1.165, 1.54) is 5.69 Å². The van der Waals surface area contributed by atoms with Gasteiger partial charge in [0.25, 0.3) is 0 Å². The summed E-state index contributed by atoms with van der Waals surface area (Å²) in [5.41, 5.74) is 1.10. The third-order valence-corrected chi connectivity index (χ3v) is 5.65. The average Bonchev–Trinajstić information content (AvgIpc) is 3.33. The van der Waals surface area contributed by atoms with Crippen LogP contribution < -0.4 is 15.5 Å². The molecule has 0 aliphatic carbocycles. The van der Waals surface area contributed by atoms with E-state index in [9.17, 15) is 0 Å². The molecule has 2 aromatic rings. The second-order valence-electron chi connectivity index (χ2n) is 8.18. The van der Waals surface area contributed by atoms with Crippen LogP contribution in [0.1, 0.15) is 37.8 Å². The van der Waals surface area contributed by atoms with Crippen LogP contribution in [0.2, 0.25) is 0 Å². The van der Waals surface area contributed by atoms with Gasteiger partial charge >= 0.3 is 0 Å². The maximum Gasteiger partial charge on any atom is 0.191 e. The van der Waals surface area contributed by atoms with Crippen molar-refractivity contribution in [3.8, 4) is 0 Å². The molecular weight excluding hydrogens is 378 g/mol. The summed E-state index contributed by atoms with van der Waals surface area (Å²) in [5.74, 6) is 2.52. The van der Waals surface area contributed by atoms with Gasteiger partial charge in [-0.2, -0.15) is 0 Å². The molecule has 0 bridgehead atoms. The van der Waals surface area contributed by atoms with Crippen LogP contribution in [0, 0.1) is 6.92 Å². The Morgan fingerprint density at radius 1 is 1.27 bits per heavy atom. The molecule has 1 saturated heterocycles. The zero-order valence-electron chi connectivity index (χ0n) is 18.7. The smallest absolute Gasteiger partial charge is 0.191 e. The second kappa shape index (κ2) is 10.4. The molecule has 0 saturated carbocycles. The molecule has 1 aromatic carbocycles. The highest BCUT2D eigenvalue weighted by Crippen LogP contribution is 2.23. The number of para-hydroxylation sites is 1. The van der Waals surface area contributed by atoms with E-state index in [1.54, 1.807) is 0 Å². The van der Waals surface area contributed by atoms with Gasteiger partial charge in [0.15, 0.2) is 11.8 Å². The Kier molecular flexibility index (Phi) is 7.68. The van der Waals surface area contributed by atoms with E-state index in [0.29, 0.717) is 6.54 Å². The summed E-state index contributed by atoms with van der Waals surface area (Å²) in [6.07, 6.45) is 3.18. The fraction of sp³-hybridized carbons (Fsp3) is 0.591. The van der Waals surface area contributed by atoms with Crippen molar-refractivity contribution >= 4 is 11.6 Å². The molecule has 1 fully saturated rings. The van der Waals surface area contributed by atoms with Gasteiger partial charge in [0.05, 0.1) is 5.60 Å². The molecule has 1 unspecified atom stereocenters. The number of rotatable bonds is 9. The first-order valence-corrected chi connectivity index (χ1v) is 10.7. The van der Waals surface area contributed by atoms with E-state index in [-0.39, 0.29) is 5.60 Å². The number of aryl methyl sites for hydroxylation is 1. The van der Waals surface area contributed by atoms with Crippen LogP contribution in [0.25, 0.3) is 0 Å². The van der Waals surface area contributed by atoms with Crippen molar-refractivity contribution in [3.05, 3.63) is 42.0 Å². The Morgan fingerprint density at radius 3 is 2.73 bits per heavy atom. The third-order valence-electron chi connectivity index (χ3n) is 5.65. The first-order chi connectivity index (χ1) is 14.5. The van der Waals surface area contributed by atoms with Crippen LogP contribution in [0.5, 0.6) is 0 Å². The maximum atomic E-state index is 5.90. The van der Waals surface area contributed by atoms with Gasteiger partial charge in [-0.25, -0.2) is 4.99 Å². The van der Waals surface area contributed by atoms with Crippen molar-refractivity contribution in [1.29, 1.82) is 0 Å². The van der Waals surface area contributed by atoms with Crippen molar-refractivity contribution < 1.29 is 4.74 Å². The van der Waals surface area contributed by atoms with Crippen molar-refractivity contribution in [2.24, 2.45) is 12.0 Å². The lowest BCUT2D eigenvalue weighted by Crippen LogP contribution is -2.46. The number of ether oxygens (including phenoxy) is 1. The molecule has 0 amide bonds. The Balaban J connectivity index is 1.53. The maximum absolute atomic E-state index is 5.90. The first kappa shape index (κ1) is 22.1. The summed E-state index contributed by atoms with van der Waals surface area (Å²) >= 11 is 0. The fourth-order valence-electron chi connectivity index (χ4n) is 3.49. The van der Waals surface area contributed by atoms with Gasteiger partial charge in [-0.1, -0.05) is 18.2 Å². The number of nitrogens with one attached hydrogen (secondary N) is 2. The zero-order chi connectivity index (χ0) is 21.4. The van der Waals surface area contributed by atoms with E-state index in [0.717, 1.165) is 63.1 Å². The summed E-state index contributed by atoms with van der Waals surface area (Å²) < 4.78 is 7.87. The third kappa shape index (κ3) is 6.19. The van der Waals surface area contributed by atoms with Gasteiger partial charge in [-0.05, 0) is 45.2 Å². The molecule has 1 aliphatic heterocycles. The van der Waals surface area contributed by atoms with Crippen molar-refractivity contribution in [3.63, 3.8) is 0 Å². The van der Waals surface area contributed by atoms with E-state index in [1.807, 2.05) is 24.6 Å². The largest absolute Gasteiger partial charge is 0.375 e. The first-order valence-electron chi connectivity index (χ1n) is 10.7. The van der Waals surface area contributed by atoms with Crippen LogP contribution in [0.3, 0.4) is 0 Å². The van der Waals surface area contributed by atoms with Crippen molar-refractivity contribution in [2.75, 3.05) is 38.2 Å². The Hall–Kier alpha value is -2.61. The molecule has 164 valence electrons. The number of guanidine groups is 1. The lowest BCUT2D eigenvalue weighted by molar-refractivity contribution is 0.0242. The molecule has 0 radical (unpaired) electrons. The Bertz CT molecular complexity index is 812. The number of nitrogens with zero attached hydrogens (tertiary/aromatic N) is 5. The molecule has 8 heteroatoms. The van der Waals surface area contributed by atoms with Gasteiger partial charge in [-0.15, -0.1) is 10.2 Å². The lowest BCUT2D eigenvalue weighted by atomic mass is 10.0. The van der Waals surface area contributed by atoms with E-state index in [2.05, 4.69) is 64.0 Å². The monoisotopic (exact) mass is 413 g/mol. The van der Waals surface area contributed by atoms with Gasteiger partial charge < -0.3 is 24.8 Å². The summed E-state index contributed by atoms with van der Waals surface area (Å²) in [6.45, 7) is 7.95. The quantitative estimate of drug-likeness (QED) is 0.373. The van der Waals surface area contributed by atoms with Crippen LogP contribution in [0.15, 0.2) is 35.3 Å². The van der Waals surface area contributed by atoms with Gasteiger partial charge in [0.1, 0.15) is 12.4 Å². The topological polar surface area (TPSA) is 79.6 Å². The minimum atomic E-state index is -0.128. The van der Waals surface area contributed by atoms with Gasteiger partial charge in [0, 0.05) is 46.0 Å². The molecule has 1 aromatic heterocycles. The summed E-state index contributed by atoms with van der Waals surface area (Å²) in [6, 6.07) is 10.4. The van der Waals surface area contributed by atoms with E-state index in [4.69, 9.17) is 9.73 Å². The second-order valence-corrected chi connectivity index (χ2v) is 8.18. The SMILES string of the molecule is Cc1nnc(CN=C(NCCCN(C)c2ccccc2)NCC2(C)CCCO2)n1C. The molecule has 3 rings (SSSR count). The average molecular weight is 414 g/mol. The molecule has 2 heterocycles. The Labute approximate surface area is 179 Å². The Morgan fingerprint density at radius 2 is 2.07 bits per heavy atom. The van der Waals surface area contributed by atoms with Crippen LogP contribution in [0.4, 0.5) is 5.69 Å². The highest BCUT2D eigenvalue weighted by atomic mass is 16.5. The normalized spacial score (nSPS) is 19.1. The van der Waals surface area contributed by atoms with Gasteiger partial charge in [-0.3, -0.25) is 0 Å². The van der Waals surface area contributed by atoms with Crippen LogP contribution >= 0.6 is 0 Å². The predicted octanol–water partition coefficient (Wildman–Crippen LogP) is 2.25. The highest BCUT2D eigenvalue weighted by Gasteiger charge is 2.29. The molecule has 8 nitrogen and oxygen atoms in total. The van der Waals surface area contributed by atoms with Crippen molar-refractivity contribution in [2.45, 2.75) is 45.3 Å². The summed E-state index contributed by atoms with van der Waals surface area (Å²) in [7, 11) is 4.09. The molecule has 1 aliphatic rings. The standard InChI is InChI=1S/C22H35N7O/c1-18-26-27-20(29(18)4)16-24-21(25-17-22(2)12-8-15-30-22)23-13-9-14-28(3)19-10-6-5-7-11-19/h5-7,10-11H,8-9,12-17H2,1-4H3,(H2,23,24,25). The fourth-order valence-corrected chi connectivity index (χ4v) is 3.49. The lowest BCUT2D eigenvalue weighted by Gasteiger charge is -2.25. The minimum absolute atomic E-state index is 0.128. The molecule has 2 N–H and O–H groups in total. The molecule has 1 atom stereocenters. The number of benzene rings is 1. The number of aliphatic imine (C=N–C) groups is 1. The number of aromatic nitrogens is 3. The number of hydrogen-bond donors (Lipinski definition) is 2. The summed E-state index contributed by atoms with van der Waals surface area (Å²) in [4.78, 5) is 7.00. The van der Waals surface area contributed by atoms with Crippen LogP contribution in [-0.4, -0.2) is 59.6 Å². The number of hydrogen-bond acceptors (Lipinski definition) is 5. The highest BCUT2D eigenvalue weighted by molar-refractivity contribution is 5.79. The zero-order valence-corrected chi connectivity index (χ0v) is 18.7. The predicted molar refractivity (Wildman–Crippen MR) is 121 cm³/mol. The van der Waals surface area contributed by atoms with E-state index >= 15 is 0 Å². The molecule has 0 spiro atoms. The molecular formula is C22H35N7O. The number of anilines is 1. The summed E-state index contributed by atoms with van der Waals surface area (Å²) in [5, 5.41) is 15.3. The van der Waals surface area contributed by atoms with Crippen molar-refractivity contribution in [1.82, 2.24) is 25.4 Å².